The summed E-state index contributed by atoms with van der Waals surface area (Å²) in [5.41, 5.74) is 0. The summed E-state index contributed by atoms with van der Waals surface area (Å²) in [5, 5.41) is 0. The van der Waals surface area contributed by atoms with Crippen LogP contribution in [0.3, 0.4) is 0 Å². The third kappa shape index (κ3) is 12.4. The zero-order valence-corrected chi connectivity index (χ0v) is 10.5. The van der Waals surface area contributed by atoms with Gasteiger partial charge in [-0.1, -0.05) is 41.7 Å². The van der Waals surface area contributed by atoms with Crippen LogP contribution < -0.4 is 0 Å². The molecule has 0 aromatic heterocycles. The van der Waals surface area contributed by atoms with E-state index < -0.39 is 0 Å². The van der Waals surface area contributed by atoms with E-state index >= 15 is 0 Å². The van der Waals surface area contributed by atoms with Gasteiger partial charge in [-0.25, -0.2) is 0 Å². The third-order valence-electron chi connectivity index (χ3n) is 1.39. The van der Waals surface area contributed by atoms with Crippen LogP contribution in [-0.2, 0) is 9.47 Å². The summed E-state index contributed by atoms with van der Waals surface area (Å²) >= 11 is 2.37. The van der Waals surface area contributed by atoms with E-state index in [1.807, 2.05) is 0 Å². The maximum absolute atomic E-state index is 5.24. The molecule has 0 aromatic carbocycles. The summed E-state index contributed by atoms with van der Waals surface area (Å²) < 4.78 is 11.6. The zero-order valence-electron chi connectivity index (χ0n) is 8.30. The molecule has 0 spiro atoms. The zero-order chi connectivity index (χ0) is 9.78. The topological polar surface area (TPSA) is 18.5 Å². The van der Waals surface area contributed by atoms with Crippen molar-refractivity contribution in [2.45, 2.75) is 26.2 Å². The van der Waals surface area contributed by atoms with Crippen molar-refractivity contribution in [3.05, 3.63) is 12.2 Å². The van der Waals surface area contributed by atoms with Crippen LogP contribution in [0.4, 0.5) is 0 Å². The number of halogens is 1. The Kier molecular flexibility index (Phi) is 12.8. The Balaban J connectivity index is 2.91. The molecule has 0 aliphatic carbocycles. The molecule has 0 bridgehead atoms. The third-order valence-corrected chi connectivity index (χ3v) is 2.01. The molecule has 0 rings (SSSR count). The van der Waals surface area contributed by atoms with Gasteiger partial charge in [0.2, 0.25) is 0 Å². The number of hydrogen-bond acceptors (Lipinski definition) is 2. The van der Waals surface area contributed by atoms with E-state index in [1.54, 1.807) is 0 Å². The summed E-state index contributed by atoms with van der Waals surface area (Å²) in [6.07, 6.45) is 7.57. The molecule has 0 aromatic rings. The molecule has 0 heterocycles. The van der Waals surface area contributed by atoms with E-state index in [9.17, 15) is 0 Å². The maximum Gasteiger partial charge on any atom is 0.146 e. The molecule has 0 aliphatic rings. The first-order valence-electron chi connectivity index (χ1n) is 4.78. The lowest BCUT2D eigenvalue weighted by Crippen LogP contribution is -2.01. The molecule has 2 nitrogen and oxygen atoms in total. The van der Waals surface area contributed by atoms with Gasteiger partial charge in [-0.2, -0.15) is 0 Å². The van der Waals surface area contributed by atoms with E-state index in [0.29, 0.717) is 6.79 Å². The normalized spacial score (nSPS) is 11.2. The number of allylic oxidation sites excluding steroid dienone is 1. The Morgan fingerprint density at radius 2 is 1.77 bits per heavy atom. The Bertz CT molecular complexity index is 115. The first kappa shape index (κ1) is 13.4. The number of alkyl halides is 1. The van der Waals surface area contributed by atoms with E-state index in [1.165, 1.54) is 4.43 Å². The van der Waals surface area contributed by atoms with Gasteiger partial charge >= 0.3 is 0 Å². The highest BCUT2D eigenvalue weighted by Gasteiger charge is 1.85. The second-order valence-corrected chi connectivity index (χ2v) is 3.75. The molecule has 0 amide bonds. The minimum atomic E-state index is 0.438. The van der Waals surface area contributed by atoms with Crippen molar-refractivity contribution in [2.24, 2.45) is 0 Å². The quantitative estimate of drug-likeness (QED) is 0.214. The second-order valence-electron chi connectivity index (χ2n) is 2.67. The molecule has 0 unspecified atom stereocenters. The smallest absolute Gasteiger partial charge is 0.146 e. The van der Waals surface area contributed by atoms with Crippen LogP contribution in [0.5, 0.6) is 0 Å². The van der Waals surface area contributed by atoms with Crippen LogP contribution in [0.15, 0.2) is 12.2 Å². The highest BCUT2D eigenvalue weighted by Crippen LogP contribution is 1.92. The summed E-state index contributed by atoms with van der Waals surface area (Å²) in [4.78, 5) is 0. The predicted octanol–water partition coefficient (Wildman–Crippen LogP) is 3.16. The van der Waals surface area contributed by atoms with E-state index in [4.69, 9.17) is 9.47 Å². The molecule has 3 heteroatoms. The summed E-state index contributed by atoms with van der Waals surface area (Å²) in [6.45, 7) is 4.09. The Morgan fingerprint density at radius 3 is 2.46 bits per heavy atom. The lowest BCUT2D eigenvalue weighted by molar-refractivity contribution is -0.0519. The van der Waals surface area contributed by atoms with Crippen molar-refractivity contribution in [1.82, 2.24) is 0 Å². The van der Waals surface area contributed by atoms with Crippen LogP contribution in [0, 0.1) is 0 Å². The minimum absolute atomic E-state index is 0.438. The highest BCUT2D eigenvalue weighted by molar-refractivity contribution is 14.1. The molecule has 13 heavy (non-hydrogen) atoms. The fourth-order valence-electron chi connectivity index (χ4n) is 0.771. The average molecular weight is 298 g/mol. The minimum Gasteiger partial charge on any atom is -0.355 e. The van der Waals surface area contributed by atoms with Gasteiger partial charge in [0, 0.05) is 11.0 Å². The SMILES string of the molecule is CCCOCOCC/C=C\CCI. The van der Waals surface area contributed by atoms with Crippen LogP contribution in [0.25, 0.3) is 0 Å². The van der Waals surface area contributed by atoms with Crippen LogP contribution >= 0.6 is 22.6 Å². The van der Waals surface area contributed by atoms with Gasteiger partial charge in [-0.15, -0.1) is 0 Å². The summed E-state index contributed by atoms with van der Waals surface area (Å²) in [5.74, 6) is 0. The molecule has 78 valence electrons. The molecule has 0 N–H and O–H groups in total. The average Bonchev–Trinajstić information content (AvgIpc) is 2.16. The molecule has 0 fully saturated rings. The first-order chi connectivity index (χ1) is 6.41. The van der Waals surface area contributed by atoms with Crippen molar-refractivity contribution in [3.63, 3.8) is 0 Å². The first-order valence-corrected chi connectivity index (χ1v) is 6.30. The van der Waals surface area contributed by atoms with E-state index in [0.717, 1.165) is 32.5 Å². The number of ether oxygens (including phenoxy) is 2. The van der Waals surface area contributed by atoms with Crippen molar-refractivity contribution >= 4 is 22.6 Å². The summed E-state index contributed by atoms with van der Waals surface area (Å²) in [7, 11) is 0. The van der Waals surface area contributed by atoms with Crippen molar-refractivity contribution in [3.8, 4) is 0 Å². The van der Waals surface area contributed by atoms with Gasteiger partial charge in [0.05, 0.1) is 6.61 Å². The van der Waals surface area contributed by atoms with Gasteiger partial charge in [0.15, 0.2) is 0 Å². The highest BCUT2D eigenvalue weighted by atomic mass is 127. The predicted molar refractivity (Wildman–Crippen MR) is 64.3 cm³/mol. The molecular formula is C10H19IO2. The van der Waals surface area contributed by atoms with Crippen LogP contribution in [0.1, 0.15) is 26.2 Å². The standard InChI is InChI=1S/C10H19IO2/c1-2-8-12-10-13-9-6-4-3-5-7-11/h3-4H,2,5-10H2,1H3/b4-3-. The van der Waals surface area contributed by atoms with Crippen molar-refractivity contribution < 1.29 is 9.47 Å². The van der Waals surface area contributed by atoms with Crippen molar-refractivity contribution in [1.29, 1.82) is 0 Å². The molecule has 0 aliphatic heterocycles. The molecule has 0 saturated heterocycles. The van der Waals surface area contributed by atoms with Gasteiger partial charge in [0.1, 0.15) is 6.79 Å². The van der Waals surface area contributed by atoms with Crippen molar-refractivity contribution in [2.75, 3.05) is 24.4 Å². The molecule has 0 atom stereocenters. The largest absolute Gasteiger partial charge is 0.355 e. The maximum atomic E-state index is 5.24. The van der Waals surface area contributed by atoms with Crippen LogP contribution in [-0.4, -0.2) is 24.4 Å². The fourth-order valence-corrected chi connectivity index (χ4v) is 1.13. The molecule has 0 saturated carbocycles. The van der Waals surface area contributed by atoms with E-state index in [-0.39, 0.29) is 0 Å². The Morgan fingerprint density at radius 1 is 1.08 bits per heavy atom. The second kappa shape index (κ2) is 12.4. The van der Waals surface area contributed by atoms with E-state index in [2.05, 4.69) is 41.7 Å². The number of hydrogen-bond donors (Lipinski definition) is 0. The van der Waals surface area contributed by atoms with Gasteiger partial charge < -0.3 is 9.47 Å². The lowest BCUT2D eigenvalue weighted by Gasteiger charge is -2.02. The summed E-state index contributed by atoms with van der Waals surface area (Å²) in [6, 6.07) is 0. The molecular weight excluding hydrogens is 279 g/mol. The van der Waals surface area contributed by atoms with Gasteiger partial charge in [-0.3, -0.25) is 0 Å². The lowest BCUT2D eigenvalue weighted by atomic mass is 10.3. The van der Waals surface area contributed by atoms with Gasteiger partial charge in [0.25, 0.3) is 0 Å². The monoisotopic (exact) mass is 298 g/mol. The van der Waals surface area contributed by atoms with Crippen LogP contribution in [0.2, 0.25) is 0 Å². The fraction of sp³-hybridized carbons (Fsp3) is 0.800. The van der Waals surface area contributed by atoms with Gasteiger partial charge in [-0.05, 0) is 19.3 Å². The molecule has 0 radical (unpaired) electrons. The number of rotatable bonds is 9. The Hall–Kier alpha value is 0.390. The Labute approximate surface area is 94.8 Å².